The van der Waals surface area contributed by atoms with Crippen molar-refractivity contribution in [2.45, 2.75) is 27.2 Å². The molecule has 0 aliphatic heterocycles. The molecule has 1 aromatic carbocycles. The molecule has 4 nitrogen and oxygen atoms in total. The highest BCUT2D eigenvalue weighted by molar-refractivity contribution is 6.05. The van der Waals surface area contributed by atoms with Crippen LogP contribution in [0.15, 0.2) is 59.2 Å². The molecular formula is C20H23N3O. The van der Waals surface area contributed by atoms with Crippen LogP contribution < -0.4 is 5.73 Å². The second-order valence-corrected chi connectivity index (χ2v) is 5.61. The zero-order valence-corrected chi connectivity index (χ0v) is 14.4. The van der Waals surface area contributed by atoms with Gasteiger partial charge in [0.05, 0.1) is 5.69 Å². The molecule has 0 saturated carbocycles. The third-order valence-electron chi connectivity index (χ3n) is 3.90. The van der Waals surface area contributed by atoms with E-state index < -0.39 is 0 Å². The van der Waals surface area contributed by atoms with Gasteiger partial charge in [0.2, 0.25) is 0 Å². The summed E-state index contributed by atoms with van der Waals surface area (Å²) in [6, 6.07) is 5.71. The number of benzene rings is 1. The number of nitrogen functional groups attached to an aromatic ring is 1. The van der Waals surface area contributed by atoms with Gasteiger partial charge < -0.3 is 15.7 Å². The molecule has 0 radical (unpaired) electrons. The van der Waals surface area contributed by atoms with E-state index in [1.807, 2.05) is 57.2 Å². The van der Waals surface area contributed by atoms with E-state index in [4.69, 9.17) is 15.7 Å². The van der Waals surface area contributed by atoms with E-state index >= 15 is 0 Å². The second-order valence-electron chi connectivity index (χ2n) is 5.61. The third kappa shape index (κ3) is 3.71. The van der Waals surface area contributed by atoms with Gasteiger partial charge in [0.25, 0.3) is 0 Å². The van der Waals surface area contributed by atoms with Gasteiger partial charge in [-0.15, -0.1) is 0 Å². The fourth-order valence-corrected chi connectivity index (χ4v) is 2.62. The Labute approximate surface area is 142 Å². The number of aryl methyl sites for hydroxylation is 2. The normalized spacial score (nSPS) is 11.9. The summed E-state index contributed by atoms with van der Waals surface area (Å²) in [4.78, 5) is 0. The van der Waals surface area contributed by atoms with E-state index in [2.05, 4.69) is 11.7 Å². The molecule has 0 unspecified atom stereocenters. The Morgan fingerprint density at radius 1 is 1.38 bits per heavy atom. The zero-order valence-electron chi connectivity index (χ0n) is 14.4. The molecule has 4 heteroatoms. The molecule has 0 amide bonds. The summed E-state index contributed by atoms with van der Waals surface area (Å²) < 4.78 is 5.24. The highest BCUT2D eigenvalue weighted by Crippen LogP contribution is 2.30. The highest BCUT2D eigenvalue weighted by Gasteiger charge is 2.14. The van der Waals surface area contributed by atoms with Crippen LogP contribution in [0.25, 0.3) is 11.1 Å². The predicted molar refractivity (Wildman–Crippen MR) is 100 cm³/mol. The van der Waals surface area contributed by atoms with Crippen LogP contribution in [0.3, 0.4) is 0 Å². The maximum atomic E-state index is 8.45. The molecule has 3 N–H and O–H groups in total. The molecule has 2 aromatic rings. The Morgan fingerprint density at radius 3 is 2.71 bits per heavy atom. The molecule has 24 heavy (non-hydrogen) atoms. The number of rotatable bonds is 6. The molecule has 0 bridgehead atoms. The van der Waals surface area contributed by atoms with Gasteiger partial charge in [0, 0.05) is 28.9 Å². The molecule has 0 aliphatic carbocycles. The molecule has 1 aromatic heterocycles. The summed E-state index contributed by atoms with van der Waals surface area (Å²) in [6.45, 7) is 9.42. The minimum atomic E-state index is 0.475. The lowest BCUT2D eigenvalue weighted by atomic mass is 9.95. The van der Waals surface area contributed by atoms with E-state index in [0.29, 0.717) is 17.8 Å². The number of hydrogen-bond acceptors (Lipinski definition) is 4. The van der Waals surface area contributed by atoms with Crippen LogP contribution in [0.4, 0.5) is 5.69 Å². The van der Waals surface area contributed by atoms with Gasteiger partial charge >= 0.3 is 0 Å². The largest absolute Gasteiger partial charge is 0.398 e. The van der Waals surface area contributed by atoms with Crippen molar-refractivity contribution < 1.29 is 4.52 Å². The number of nitrogens with zero attached hydrogens (tertiary/aromatic N) is 1. The number of allylic oxidation sites excluding steroid dienone is 5. The van der Waals surface area contributed by atoms with Crippen LogP contribution in [0.2, 0.25) is 0 Å². The van der Waals surface area contributed by atoms with Gasteiger partial charge in [-0.3, -0.25) is 0 Å². The van der Waals surface area contributed by atoms with Crippen molar-refractivity contribution in [1.29, 1.82) is 5.41 Å². The van der Waals surface area contributed by atoms with Gasteiger partial charge in [-0.05, 0) is 44.0 Å². The monoisotopic (exact) mass is 321 g/mol. The van der Waals surface area contributed by atoms with Crippen molar-refractivity contribution in [2.75, 3.05) is 5.73 Å². The Hall–Kier alpha value is -2.88. The first kappa shape index (κ1) is 17.5. The quantitative estimate of drug-likeness (QED) is 0.447. The molecular weight excluding hydrogens is 298 g/mol. The van der Waals surface area contributed by atoms with Crippen molar-refractivity contribution in [2.24, 2.45) is 0 Å². The van der Waals surface area contributed by atoms with Crippen LogP contribution in [-0.4, -0.2) is 10.9 Å². The minimum Gasteiger partial charge on any atom is -0.398 e. The summed E-state index contributed by atoms with van der Waals surface area (Å²) in [5.41, 5.74) is 11.7. The smallest absolute Gasteiger partial charge is 0.141 e. The third-order valence-corrected chi connectivity index (χ3v) is 3.90. The van der Waals surface area contributed by atoms with Crippen LogP contribution in [0, 0.1) is 19.3 Å². The van der Waals surface area contributed by atoms with E-state index in [9.17, 15) is 0 Å². The molecule has 2 rings (SSSR count). The van der Waals surface area contributed by atoms with E-state index in [-0.39, 0.29) is 0 Å². The standard InChI is InChI=1S/C20H23N3O/c1-5-7-8-15(6-2)11-19(22)17-12-16(9-10-18(17)21)20-13(3)23-24-14(20)4/h5-10,12,22H,1,11,21H2,2-4H3/b8-7-,15-6+,22-19?. The van der Waals surface area contributed by atoms with Crippen molar-refractivity contribution in [1.82, 2.24) is 5.16 Å². The molecule has 0 aliphatic rings. The average Bonchev–Trinajstić information content (AvgIpc) is 2.90. The molecule has 1 heterocycles. The van der Waals surface area contributed by atoms with Crippen LogP contribution in [0.5, 0.6) is 0 Å². The lowest BCUT2D eigenvalue weighted by Crippen LogP contribution is -2.05. The summed E-state index contributed by atoms with van der Waals surface area (Å²) in [7, 11) is 0. The number of anilines is 1. The summed E-state index contributed by atoms with van der Waals surface area (Å²) in [6.07, 6.45) is 8.04. The topological polar surface area (TPSA) is 75.9 Å². The summed E-state index contributed by atoms with van der Waals surface area (Å²) in [5.74, 6) is 0.762. The van der Waals surface area contributed by atoms with E-state index in [1.54, 1.807) is 6.08 Å². The lowest BCUT2D eigenvalue weighted by molar-refractivity contribution is 0.393. The SMILES string of the molecule is C=C/C=C\C(=C/C)CC(=N)c1cc(-c2c(C)noc2C)ccc1N. The van der Waals surface area contributed by atoms with Gasteiger partial charge in [-0.1, -0.05) is 42.1 Å². The highest BCUT2D eigenvalue weighted by atomic mass is 16.5. The molecule has 0 fully saturated rings. The Morgan fingerprint density at radius 2 is 2.12 bits per heavy atom. The summed E-state index contributed by atoms with van der Waals surface area (Å²) in [5, 5.41) is 12.4. The van der Waals surface area contributed by atoms with Crippen molar-refractivity contribution in [3.8, 4) is 11.1 Å². The number of hydrogen-bond donors (Lipinski definition) is 2. The molecule has 124 valence electrons. The Balaban J connectivity index is 2.37. The predicted octanol–water partition coefficient (Wildman–Crippen LogP) is 4.99. The first-order valence-corrected chi connectivity index (χ1v) is 7.82. The first-order valence-electron chi connectivity index (χ1n) is 7.82. The van der Waals surface area contributed by atoms with Gasteiger partial charge in [0.15, 0.2) is 0 Å². The Kier molecular flexibility index (Phi) is 5.53. The maximum Gasteiger partial charge on any atom is 0.141 e. The number of aromatic nitrogens is 1. The van der Waals surface area contributed by atoms with E-state index in [1.165, 1.54) is 0 Å². The van der Waals surface area contributed by atoms with Gasteiger partial charge in [0.1, 0.15) is 5.76 Å². The van der Waals surface area contributed by atoms with Gasteiger partial charge in [-0.2, -0.15) is 0 Å². The summed E-state index contributed by atoms with van der Waals surface area (Å²) >= 11 is 0. The second kappa shape index (κ2) is 7.59. The van der Waals surface area contributed by atoms with Crippen LogP contribution >= 0.6 is 0 Å². The fraction of sp³-hybridized carbons (Fsp3) is 0.200. The van der Waals surface area contributed by atoms with Crippen molar-refractivity contribution in [3.05, 3.63) is 71.7 Å². The van der Waals surface area contributed by atoms with Crippen molar-refractivity contribution >= 4 is 11.4 Å². The fourth-order valence-electron chi connectivity index (χ4n) is 2.62. The maximum absolute atomic E-state index is 8.45. The van der Waals surface area contributed by atoms with Gasteiger partial charge in [-0.25, -0.2) is 0 Å². The first-order chi connectivity index (χ1) is 11.5. The Bertz CT molecular complexity index is 806. The van der Waals surface area contributed by atoms with Crippen molar-refractivity contribution in [3.63, 3.8) is 0 Å². The number of nitrogens with one attached hydrogen (secondary N) is 1. The average molecular weight is 321 g/mol. The molecule has 0 spiro atoms. The minimum absolute atomic E-state index is 0.475. The number of nitrogens with two attached hydrogens (primary N) is 1. The van der Waals surface area contributed by atoms with E-state index in [0.717, 1.165) is 33.7 Å². The molecule has 0 saturated heterocycles. The van der Waals surface area contributed by atoms with Crippen LogP contribution in [-0.2, 0) is 0 Å². The molecule has 0 atom stereocenters. The van der Waals surface area contributed by atoms with Crippen LogP contribution in [0.1, 0.15) is 30.4 Å². The zero-order chi connectivity index (χ0) is 17.7. The lowest BCUT2D eigenvalue weighted by Gasteiger charge is -2.11.